The molecule has 0 aliphatic rings. The normalized spacial score (nSPS) is 10.7. The predicted octanol–water partition coefficient (Wildman–Crippen LogP) is 4.10. The third-order valence-corrected chi connectivity index (χ3v) is 3.64. The van der Waals surface area contributed by atoms with E-state index in [1.54, 1.807) is 6.20 Å². The Hall–Kier alpha value is -2.55. The fourth-order valence-electron chi connectivity index (χ4n) is 2.39. The van der Waals surface area contributed by atoms with Gasteiger partial charge in [-0.05, 0) is 48.3 Å². The number of pyridine rings is 1. The summed E-state index contributed by atoms with van der Waals surface area (Å²) in [4.78, 5) is 4.33. The monoisotopic (exact) mass is 263 g/mol. The summed E-state index contributed by atoms with van der Waals surface area (Å²) in [5.41, 5.74) is 3.69. The second-order valence-corrected chi connectivity index (χ2v) is 4.90. The van der Waals surface area contributed by atoms with Gasteiger partial charge in [0, 0.05) is 30.0 Å². The number of nitrogens with one attached hydrogen (secondary N) is 1. The summed E-state index contributed by atoms with van der Waals surface area (Å²) < 4.78 is 2.20. The van der Waals surface area contributed by atoms with Gasteiger partial charge in [-0.3, -0.25) is 0 Å². The molecule has 3 aromatic rings. The molecule has 0 spiro atoms. The van der Waals surface area contributed by atoms with Crippen molar-refractivity contribution in [3.05, 3.63) is 61.1 Å². The highest BCUT2D eigenvalue weighted by Gasteiger charge is 2.05. The summed E-state index contributed by atoms with van der Waals surface area (Å²) in [5.74, 6) is 0.813. The number of hydrogen-bond acceptors (Lipinski definition) is 2. The van der Waals surface area contributed by atoms with E-state index in [1.807, 2.05) is 12.3 Å². The van der Waals surface area contributed by atoms with Gasteiger partial charge in [-0.15, -0.1) is 0 Å². The van der Waals surface area contributed by atoms with Crippen molar-refractivity contribution in [1.29, 1.82) is 0 Å². The first-order valence-electron chi connectivity index (χ1n) is 6.59. The fraction of sp³-hybridized carbons (Fsp3) is 0.118. The van der Waals surface area contributed by atoms with Crippen molar-refractivity contribution in [2.75, 3.05) is 5.32 Å². The van der Waals surface area contributed by atoms with Crippen molar-refractivity contribution in [2.45, 2.75) is 6.92 Å². The standard InChI is InChI=1S/C17H17N3/c1-4-18-17-10-15-9-13(6-7-14(15)11-19-17)16-8-5-12(2)20(16)3/h4-11H,1H2,2-3H3,(H,18,19). The average Bonchev–Trinajstić information content (AvgIpc) is 2.79. The molecular weight excluding hydrogens is 246 g/mol. The molecule has 0 fully saturated rings. The topological polar surface area (TPSA) is 29.9 Å². The van der Waals surface area contributed by atoms with Gasteiger partial charge in [0.25, 0.3) is 0 Å². The molecule has 20 heavy (non-hydrogen) atoms. The first kappa shape index (κ1) is 12.5. The Kier molecular flexibility index (Phi) is 3.03. The fourth-order valence-corrected chi connectivity index (χ4v) is 2.39. The van der Waals surface area contributed by atoms with Crippen LogP contribution in [0.4, 0.5) is 5.82 Å². The van der Waals surface area contributed by atoms with Crippen LogP contribution in [0.15, 0.2) is 55.4 Å². The van der Waals surface area contributed by atoms with Crippen LogP contribution in [-0.2, 0) is 7.05 Å². The number of nitrogens with zero attached hydrogens (tertiary/aromatic N) is 2. The van der Waals surface area contributed by atoms with E-state index in [0.29, 0.717) is 0 Å². The van der Waals surface area contributed by atoms with Crippen LogP contribution in [0.1, 0.15) is 5.69 Å². The Morgan fingerprint density at radius 1 is 1.15 bits per heavy atom. The van der Waals surface area contributed by atoms with Crippen molar-refractivity contribution in [2.24, 2.45) is 7.05 Å². The minimum atomic E-state index is 0.813. The van der Waals surface area contributed by atoms with Crippen LogP contribution in [0, 0.1) is 6.92 Å². The van der Waals surface area contributed by atoms with Crippen molar-refractivity contribution in [3.63, 3.8) is 0 Å². The Labute approximate surface area is 118 Å². The molecular formula is C17H17N3. The molecule has 2 aromatic heterocycles. The van der Waals surface area contributed by atoms with Gasteiger partial charge in [0.2, 0.25) is 0 Å². The van der Waals surface area contributed by atoms with Crippen molar-refractivity contribution in [1.82, 2.24) is 9.55 Å². The molecule has 1 N–H and O–H groups in total. The maximum Gasteiger partial charge on any atom is 0.130 e. The maximum atomic E-state index is 4.33. The van der Waals surface area contributed by atoms with E-state index in [4.69, 9.17) is 0 Å². The van der Waals surface area contributed by atoms with Gasteiger partial charge in [-0.2, -0.15) is 0 Å². The first-order valence-corrected chi connectivity index (χ1v) is 6.59. The lowest BCUT2D eigenvalue weighted by atomic mass is 10.1. The molecule has 0 saturated heterocycles. The van der Waals surface area contributed by atoms with E-state index >= 15 is 0 Å². The van der Waals surface area contributed by atoms with E-state index in [1.165, 1.54) is 22.3 Å². The lowest BCUT2D eigenvalue weighted by Crippen LogP contribution is -1.94. The van der Waals surface area contributed by atoms with Crippen LogP contribution in [0.3, 0.4) is 0 Å². The number of aryl methyl sites for hydroxylation is 1. The molecule has 0 saturated carbocycles. The molecule has 0 amide bonds. The van der Waals surface area contributed by atoms with Crippen LogP contribution in [0.2, 0.25) is 0 Å². The molecule has 0 aliphatic carbocycles. The summed E-state index contributed by atoms with van der Waals surface area (Å²) in [6, 6.07) is 12.8. The highest BCUT2D eigenvalue weighted by Crippen LogP contribution is 2.26. The Bertz CT molecular complexity index is 784. The number of hydrogen-bond donors (Lipinski definition) is 1. The zero-order valence-corrected chi connectivity index (χ0v) is 11.7. The van der Waals surface area contributed by atoms with E-state index < -0.39 is 0 Å². The van der Waals surface area contributed by atoms with Crippen LogP contribution in [0.5, 0.6) is 0 Å². The van der Waals surface area contributed by atoms with Crippen molar-refractivity contribution >= 4 is 16.6 Å². The molecule has 1 aromatic carbocycles. The van der Waals surface area contributed by atoms with Gasteiger partial charge in [0.15, 0.2) is 0 Å². The molecule has 3 rings (SSSR count). The number of anilines is 1. The number of aromatic nitrogens is 2. The van der Waals surface area contributed by atoms with Gasteiger partial charge >= 0.3 is 0 Å². The van der Waals surface area contributed by atoms with E-state index in [0.717, 1.165) is 11.2 Å². The second-order valence-electron chi connectivity index (χ2n) is 4.90. The second kappa shape index (κ2) is 4.85. The Morgan fingerprint density at radius 2 is 2.00 bits per heavy atom. The number of fused-ring (bicyclic) bond motifs is 1. The molecule has 100 valence electrons. The van der Waals surface area contributed by atoms with Crippen molar-refractivity contribution in [3.8, 4) is 11.3 Å². The lowest BCUT2D eigenvalue weighted by Gasteiger charge is -2.08. The Balaban J connectivity index is 2.13. The van der Waals surface area contributed by atoms with E-state index in [-0.39, 0.29) is 0 Å². The molecule has 0 aliphatic heterocycles. The largest absolute Gasteiger partial charge is 0.348 e. The highest BCUT2D eigenvalue weighted by atomic mass is 15.0. The zero-order chi connectivity index (χ0) is 14.1. The summed E-state index contributed by atoms with van der Waals surface area (Å²) in [5, 5.41) is 5.32. The van der Waals surface area contributed by atoms with Crippen LogP contribution in [0.25, 0.3) is 22.0 Å². The molecule has 2 heterocycles. The molecule has 0 radical (unpaired) electrons. The first-order chi connectivity index (χ1) is 9.69. The van der Waals surface area contributed by atoms with Gasteiger partial charge in [0.1, 0.15) is 5.82 Å². The predicted molar refractivity (Wildman–Crippen MR) is 84.7 cm³/mol. The minimum Gasteiger partial charge on any atom is -0.348 e. The molecule has 0 bridgehead atoms. The van der Waals surface area contributed by atoms with Gasteiger partial charge in [-0.25, -0.2) is 4.98 Å². The summed E-state index contributed by atoms with van der Waals surface area (Å²) in [7, 11) is 2.09. The molecule has 0 unspecified atom stereocenters. The van der Waals surface area contributed by atoms with E-state index in [9.17, 15) is 0 Å². The van der Waals surface area contributed by atoms with Crippen LogP contribution in [-0.4, -0.2) is 9.55 Å². The SMILES string of the molecule is C=CNc1cc2cc(-c3ccc(C)n3C)ccc2cn1. The lowest BCUT2D eigenvalue weighted by molar-refractivity contribution is 0.891. The van der Waals surface area contributed by atoms with Crippen molar-refractivity contribution < 1.29 is 0 Å². The summed E-state index contributed by atoms with van der Waals surface area (Å²) in [6.07, 6.45) is 3.51. The summed E-state index contributed by atoms with van der Waals surface area (Å²) in [6.45, 7) is 5.77. The van der Waals surface area contributed by atoms with Gasteiger partial charge in [-0.1, -0.05) is 18.7 Å². The Morgan fingerprint density at radius 3 is 2.70 bits per heavy atom. The highest BCUT2D eigenvalue weighted by molar-refractivity contribution is 5.88. The van der Waals surface area contributed by atoms with Crippen LogP contribution >= 0.6 is 0 Å². The zero-order valence-electron chi connectivity index (χ0n) is 11.7. The minimum absolute atomic E-state index is 0.813. The molecule has 3 nitrogen and oxygen atoms in total. The third kappa shape index (κ3) is 2.07. The van der Waals surface area contributed by atoms with E-state index in [2.05, 4.69) is 65.8 Å². The number of rotatable bonds is 3. The van der Waals surface area contributed by atoms with Crippen LogP contribution < -0.4 is 5.32 Å². The van der Waals surface area contributed by atoms with Gasteiger partial charge in [0.05, 0.1) is 0 Å². The smallest absolute Gasteiger partial charge is 0.130 e. The van der Waals surface area contributed by atoms with Gasteiger partial charge < -0.3 is 9.88 Å². The average molecular weight is 263 g/mol. The number of benzene rings is 1. The molecule has 0 atom stereocenters. The quantitative estimate of drug-likeness (QED) is 0.771. The molecule has 3 heteroatoms. The third-order valence-electron chi connectivity index (χ3n) is 3.64. The summed E-state index contributed by atoms with van der Waals surface area (Å²) >= 11 is 0. The maximum absolute atomic E-state index is 4.33.